The molecule has 0 aromatic carbocycles. The van der Waals surface area contributed by atoms with E-state index in [9.17, 15) is 5.11 Å². The number of nitrogens with zero attached hydrogens (tertiary/aromatic N) is 3. The van der Waals surface area contributed by atoms with E-state index in [0.29, 0.717) is 23.7 Å². The Hall–Kier alpha value is -1.88. The van der Waals surface area contributed by atoms with E-state index in [4.69, 9.17) is 4.74 Å². The van der Waals surface area contributed by atoms with Gasteiger partial charge in [0.25, 0.3) is 0 Å². The smallest absolute Gasteiger partial charge is 0.163 e. The first-order chi connectivity index (χ1) is 9.22. The normalized spacial score (nSPS) is 12.4. The molecule has 2 aromatic heterocycles. The summed E-state index contributed by atoms with van der Waals surface area (Å²) >= 11 is 0. The van der Waals surface area contributed by atoms with Crippen molar-refractivity contribution in [2.45, 2.75) is 32.9 Å². The first-order valence-electron chi connectivity index (χ1n) is 6.44. The Morgan fingerprint density at radius 3 is 2.84 bits per heavy atom. The van der Waals surface area contributed by atoms with Crippen LogP contribution in [0.2, 0.25) is 0 Å². The molecule has 0 spiro atoms. The van der Waals surface area contributed by atoms with Crippen LogP contribution < -0.4 is 4.74 Å². The SMILES string of the molecule is CCc1cccnc1C(O)c1c(OC)cnn1CC. The second kappa shape index (κ2) is 5.84. The standard InChI is InChI=1S/C14H19N3O2/c1-4-10-7-6-8-15-12(10)14(18)13-11(19-3)9-16-17(13)5-2/h6-9,14,18H,4-5H2,1-3H3. The molecule has 5 heteroatoms. The molecule has 2 aromatic rings. The summed E-state index contributed by atoms with van der Waals surface area (Å²) in [6.07, 6.45) is 3.31. The number of ether oxygens (including phenoxy) is 1. The van der Waals surface area contributed by atoms with Gasteiger partial charge in [-0.3, -0.25) is 9.67 Å². The fraction of sp³-hybridized carbons (Fsp3) is 0.429. The molecule has 5 nitrogen and oxygen atoms in total. The molecule has 1 atom stereocenters. The van der Waals surface area contributed by atoms with Crippen LogP contribution in [0.15, 0.2) is 24.5 Å². The fourth-order valence-electron chi connectivity index (χ4n) is 2.19. The van der Waals surface area contributed by atoms with Crippen molar-refractivity contribution in [2.75, 3.05) is 7.11 Å². The van der Waals surface area contributed by atoms with Gasteiger partial charge in [-0.05, 0) is 25.0 Å². The summed E-state index contributed by atoms with van der Waals surface area (Å²) in [7, 11) is 1.58. The third kappa shape index (κ3) is 2.46. The molecule has 0 saturated heterocycles. The zero-order chi connectivity index (χ0) is 13.8. The molecule has 0 radical (unpaired) electrons. The number of hydrogen-bond donors (Lipinski definition) is 1. The van der Waals surface area contributed by atoms with E-state index < -0.39 is 6.10 Å². The number of pyridine rings is 1. The minimum atomic E-state index is -0.825. The minimum Gasteiger partial charge on any atom is -0.493 e. The summed E-state index contributed by atoms with van der Waals surface area (Å²) in [5, 5.41) is 14.8. The number of aliphatic hydroxyl groups excluding tert-OH is 1. The van der Waals surface area contributed by atoms with E-state index in [2.05, 4.69) is 10.1 Å². The summed E-state index contributed by atoms with van der Waals surface area (Å²) in [6.45, 7) is 4.69. The highest BCUT2D eigenvalue weighted by Gasteiger charge is 2.23. The summed E-state index contributed by atoms with van der Waals surface area (Å²) in [5.74, 6) is 0.585. The van der Waals surface area contributed by atoms with Gasteiger partial charge in [-0.15, -0.1) is 0 Å². The van der Waals surface area contributed by atoms with Crippen molar-refractivity contribution in [3.8, 4) is 5.75 Å². The number of rotatable bonds is 5. The quantitative estimate of drug-likeness (QED) is 0.893. The Morgan fingerprint density at radius 2 is 2.21 bits per heavy atom. The van der Waals surface area contributed by atoms with Gasteiger partial charge in [0, 0.05) is 12.7 Å². The maximum Gasteiger partial charge on any atom is 0.163 e. The Kier molecular flexibility index (Phi) is 4.16. The lowest BCUT2D eigenvalue weighted by molar-refractivity contribution is 0.197. The Morgan fingerprint density at radius 1 is 1.42 bits per heavy atom. The van der Waals surface area contributed by atoms with Crippen LogP contribution in [-0.2, 0) is 13.0 Å². The maximum absolute atomic E-state index is 10.6. The van der Waals surface area contributed by atoms with Gasteiger partial charge in [-0.1, -0.05) is 13.0 Å². The zero-order valence-electron chi connectivity index (χ0n) is 11.5. The molecule has 0 bridgehead atoms. The molecule has 2 heterocycles. The highest BCUT2D eigenvalue weighted by molar-refractivity contribution is 5.35. The molecule has 1 unspecified atom stereocenters. The lowest BCUT2D eigenvalue weighted by Gasteiger charge is -2.16. The zero-order valence-corrected chi connectivity index (χ0v) is 11.5. The third-order valence-electron chi connectivity index (χ3n) is 3.19. The molecule has 0 aliphatic carbocycles. The van der Waals surface area contributed by atoms with Crippen LogP contribution in [-0.4, -0.2) is 27.0 Å². The van der Waals surface area contributed by atoms with Crippen molar-refractivity contribution in [2.24, 2.45) is 0 Å². The molecule has 19 heavy (non-hydrogen) atoms. The number of aryl methyl sites for hydroxylation is 2. The van der Waals surface area contributed by atoms with Gasteiger partial charge in [0.15, 0.2) is 5.75 Å². The average molecular weight is 261 g/mol. The monoisotopic (exact) mass is 261 g/mol. The summed E-state index contributed by atoms with van der Waals surface area (Å²) < 4.78 is 7.01. The van der Waals surface area contributed by atoms with Crippen LogP contribution in [0.1, 0.15) is 36.9 Å². The first-order valence-corrected chi connectivity index (χ1v) is 6.44. The molecule has 1 N–H and O–H groups in total. The minimum absolute atomic E-state index is 0.585. The van der Waals surface area contributed by atoms with E-state index in [-0.39, 0.29) is 0 Å². The lowest BCUT2D eigenvalue weighted by atomic mass is 10.0. The van der Waals surface area contributed by atoms with Gasteiger partial charge in [0.05, 0.1) is 19.0 Å². The van der Waals surface area contributed by atoms with Crippen molar-refractivity contribution in [1.29, 1.82) is 0 Å². The number of methoxy groups -OCH3 is 1. The van der Waals surface area contributed by atoms with Gasteiger partial charge in [-0.25, -0.2) is 0 Å². The lowest BCUT2D eigenvalue weighted by Crippen LogP contribution is -2.13. The molecular formula is C14H19N3O2. The highest BCUT2D eigenvalue weighted by Crippen LogP contribution is 2.30. The predicted octanol–water partition coefficient (Wildman–Crippen LogP) is 1.95. The van der Waals surface area contributed by atoms with Crippen LogP contribution in [0.3, 0.4) is 0 Å². The highest BCUT2D eigenvalue weighted by atomic mass is 16.5. The summed E-state index contributed by atoms with van der Waals surface area (Å²) in [5.41, 5.74) is 2.35. The van der Waals surface area contributed by atoms with Gasteiger partial charge >= 0.3 is 0 Å². The molecular weight excluding hydrogens is 242 g/mol. The molecule has 2 rings (SSSR count). The van der Waals surface area contributed by atoms with Crippen LogP contribution in [0.4, 0.5) is 0 Å². The maximum atomic E-state index is 10.6. The number of hydrogen-bond acceptors (Lipinski definition) is 4. The van der Waals surface area contributed by atoms with E-state index in [1.54, 1.807) is 24.2 Å². The van der Waals surface area contributed by atoms with Crippen molar-refractivity contribution >= 4 is 0 Å². The van der Waals surface area contributed by atoms with Crippen LogP contribution in [0, 0.1) is 0 Å². The first kappa shape index (κ1) is 13.5. The van der Waals surface area contributed by atoms with Gasteiger partial charge in [0.1, 0.15) is 11.8 Å². The van der Waals surface area contributed by atoms with Crippen molar-refractivity contribution in [1.82, 2.24) is 14.8 Å². The van der Waals surface area contributed by atoms with Crippen LogP contribution >= 0.6 is 0 Å². The van der Waals surface area contributed by atoms with Gasteiger partial charge in [-0.2, -0.15) is 5.10 Å². The summed E-state index contributed by atoms with van der Waals surface area (Å²) in [6, 6.07) is 3.86. The van der Waals surface area contributed by atoms with E-state index in [1.807, 2.05) is 26.0 Å². The van der Waals surface area contributed by atoms with Gasteiger partial charge < -0.3 is 9.84 Å². The van der Waals surface area contributed by atoms with Gasteiger partial charge in [0.2, 0.25) is 0 Å². The van der Waals surface area contributed by atoms with E-state index >= 15 is 0 Å². The molecule has 0 amide bonds. The third-order valence-corrected chi connectivity index (χ3v) is 3.19. The van der Waals surface area contributed by atoms with Crippen molar-refractivity contribution in [3.05, 3.63) is 41.5 Å². The second-order valence-electron chi connectivity index (χ2n) is 4.22. The van der Waals surface area contributed by atoms with E-state index in [1.165, 1.54) is 0 Å². The fourth-order valence-corrected chi connectivity index (χ4v) is 2.19. The molecule has 0 fully saturated rings. The Balaban J connectivity index is 2.49. The molecule has 102 valence electrons. The number of aromatic nitrogens is 3. The van der Waals surface area contributed by atoms with Crippen molar-refractivity contribution in [3.63, 3.8) is 0 Å². The molecule has 0 aliphatic heterocycles. The molecule has 0 aliphatic rings. The topological polar surface area (TPSA) is 60.2 Å². The van der Waals surface area contributed by atoms with Crippen LogP contribution in [0.25, 0.3) is 0 Å². The molecule has 0 saturated carbocycles. The summed E-state index contributed by atoms with van der Waals surface area (Å²) in [4.78, 5) is 4.31. The number of aliphatic hydroxyl groups is 1. The van der Waals surface area contributed by atoms with Crippen LogP contribution in [0.5, 0.6) is 5.75 Å². The Labute approximate surface area is 112 Å². The average Bonchev–Trinajstić information content (AvgIpc) is 2.89. The van der Waals surface area contributed by atoms with Crippen molar-refractivity contribution < 1.29 is 9.84 Å². The second-order valence-corrected chi connectivity index (χ2v) is 4.22. The predicted molar refractivity (Wildman–Crippen MR) is 72.1 cm³/mol. The van der Waals surface area contributed by atoms with E-state index in [0.717, 1.165) is 12.0 Å². The Bertz CT molecular complexity index is 530. The largest absolute Gasteiger partial charge is 0.493 e.